The summed E-state index contributed by atoms with van der Waals surface area (Å²) in [4.78, 5) is 13.9. The number of morpholine rings is 1. The largest absolute Gasteiger partial charge is 0.804 e. The Morgan fingerprint density at radius 3 is 2.79 bits per heavy atom. The predicted molar refractivity (Wildman–Crippen MR) is 71.8 cm³/mol. The van der Waals surface area contributed by atoms with Gasteiger partial charge in [0, 0.05) is 24.1 Å². The molecule has 1 aromatic heterocycles. The highest BCUT2D eigenvalue weighted by molar-refractivity contribution is 5.74. The van der Waals surface area contributed by atoms with Gasteiger partial charge in [0.15, 0.2) is 5.82 Å². The molecule has 2 aromatic rings. The van der Waals surface area contributed by atoms with Gasteiger partial charge in [0.05, 0.1) is 17.6 Å². The highest BCUT2D eigenvalue weighted by atomic mass is 16.5. The monoisotopic (exact) mass is 261 g/mol. The molecular formula is C13H15N3O3. The molecule has 1 aliphatic rings. The van der Waals surface area contributed by atoms with E-state index >= 15 is 0 Å². The molecule has 3 rings (SSSR count). The smallest absolute Gasteiger partial charge is 0.286 e. The van der Waals surface area contributed by atoms with E-state index in [0.717, 1.165) is 14.7 Å². The van der Waals surface area contributed by atoms with Gasteiger partial charge in [-0.3, -0.25) is 0 Å². The molecule has 19 heavy (non-hydrogen) atoms. The van der Waals surface area contributed by atoms with Crippen molar-refractivity contribution >= 4 is 16.9 Å². The van der Waals surface area contributed by atoms with Gasteiger partial charge in [-0.05, 0) is 18.6 Å². The van der Waals surface area contributed by atoms with Gasteiger partial charge in [0.1, 0.15) is 5.52 Å². The summed E-state index contributed by atoms with van der Waals surface area (Å²) in [5.41, 5.74) is 1.74. The van der Waals surface area contributed by atoms with E-state index in [4.69, 9.17) is 4.74 Å². The summed E-state index contributed by atoms with van der Waals surface area (Å²) in [6.07, 6.45) is 1.34. The standard InChI is InChI=1S/C13H15N3O3/c1-10-2-3-11-12(8-10)16(18)13(9-15(11)17)14-4-6-19-7-5-14/h2-3,8-9H,4-7H2,1H3. The molecule has 2 heterocycles. The van der Waals surface area contributed by atoms with Crippen molar-refractivity contribution in [1.29, 1.82) is 0 Å². The zero-order valence-corrected chi connectivity index (χ0v) is 10.7. The Morgan fingerprint density at radius 2 is 2.05 bits per heavy atom. The van der Waals surface area contributed by atoms with Crippen LogP contribution in [0.3, 0.4) is 0 Å². The van der Waals surface area contributed by atoms with Crippen LogP contribution in [-0.4, -0.2) is 31.0 Å². The maximum absolute atomic E-state index is 12.4. The van der Waals surface area contributed by atoms with E-state index in [9.17, 15) is 10.1 Å². The first-order valence-electron chi connectivity index (χ1n) is 6.25. The molecule has 1 fully saturated rings. The quantitative estimate of drug-likeness (QED) is 0.720. The molecule has 0 radical (unpaired) electrons. The average molecular weight is 261 g/mol. The fraction of sp³-hybridized carbons (Fsp3) is 0.385. The molecule has 0 unspecified atom stereocenters. The van der Waals surface area contributed by atoms with Gasteiger partial charge in [-0.25, -0.2) is 0 Å². The van der Waals surface area contributed by atoms with E-state index in [2.05, 4.69) is 0 Å². The second-order valence-electron chi connectivity index (χ2n) is 4.70. The van der Waals surface area contributed by atoms with Gasteiger partial charge < -0.3 is 19.6 Å². The van der Waals surface area contributed by atoms with Crippen molar-refractivity contribution in [3.8, 4) is 0 Å². The highest BCUT2D eigenvalue weighted by Gasteiger charge is 2.19. The van der Waals surface area contributed by atoms with Crippen molar-refractivity contribution in [2.75, 3.05) is 31.2 Å². The van der Waals surface area contributed by atoms with Gasteiger partial charge in [-0.2, -0.15) is 0 Å². The van der Waals surface area contributed by atoms with Crippen LogP contribution in [0, 0.1) is 17.0 Å². The van der Waals surface area contributed by atoms with E-state index in [1.165, 1.54) is 6.20 Å². The second-order valence-corrected chi connectivity index (χ2v) is 4.70. The minimum absolute atomic E-state index is 0.386. The molecule has 0 amide bonds. The Kier molecular flexibility index (Phi) is 2.87. The zero-order chi connectivity index (χ0) is 13.4. The van der Waals surface area contributed by atoms with Gasteiger partial charge in [0.2, 0.25) is 0 Å². The van der Waals surface area contributed by atoms with Gasteiger partial charge in [-0.15, -0.1) is 0 Å². The number of fused-ring (bicyclic) bond motifs is 1. The lowest BCUT2D eigenvalue weighted by Gasteiger charge is -2.31. The van der Waals surface area contributed by atoms with Crippen LogP contribution in [0.1, 0.15) is 5.56 Å². The van der Waals surface area contributed by atoms with E-state index in [0.29, 0.717) is 43.2 Å². The van der Waals surface area contributed by atoms with Gasteiger partial charge in [-0.1, -0.05) is 6.07 Å². The molecule has 0 N–H and O–H groups in total. The molecule has 1 aliphatic heterocycles. The van der Waals surface area contributed by atoms with Crippen LogP contribution < -0.4 is 9.33 Å². The van der Waals surface area contributed by atoms with Crippen molar-refractivity contribution in [2.45, 2.75) is 6.92 Å². The topological polar surface area (TPSA) is 63.4 Å². The van der Waals surface area contributed by atoms with E-state index < -0.39 is 0 Å². The lowest BCUT2D eigenvalue weighted by Crippen LogP contribution is -2.39. The van der Waals surface area contributed by atoms with Crippen LogP contribution in [-0.2, 0) is 4.74 Å². The van der Waals surface area contributed by atoms with Crippen LogP contribution in [0.5, 0.6) is 0 Å². The second kappa shape index (κ2) is 4.55. The molecule has 6 heteroatoms. The number of aryl methyl sites for hydroxylation is 1. The SMILES string of the molecule is Cc1ccc2c(c1)n([O-])c(N1CCOCC1)c[n+]2=O. The Hall–Kier alpha value is -2.08. The van der Waals surface area contributed by atoms with Crippen molar-refractivity contribution < 1.29 is 9.16 Å². The number of hydrogen-bond donors (Lipinski definition) is 0. The minimum atomic E-state index is 0.386. The number of rotatable bonds is 1. The third-order valence-corrected chi connectivity index (χ3v) is 3.36. The van der Waals surface area contributed by atoms with Crippen molar-refractivity contribution in [1.82, 2.24) is 4.73 Å². The maximum atomic E-state index is 12.4. The lowest BCUT2D eigenvalue weighted by molar-refractivity contribution is -0.463. The van der Waals surface area contributed by atoms with E-state index in [1.807, 2.05) is 17.9 Å². The molecule has 6 nitrogen and oxygen atoms in total. The molecule has 0 saturated carbocycles. The molecule has 100 valence electrons. The first-order chi connectivity index (χ1) is 9.16. The van der Waals surface area contributed by atoms with Crippen molar-refractivity contribution in [3.05, 3.63) is 40.1 Å². The predicted octanol–water partition coefficient (Wildman–Crippen LogP) is 1.05. The average Bonchev–Trinajstić information content (AvgIpc) is 2.43. The fourth-order valence-electron chi connectivity index (χ4n) is 2.34. The van der Waals surface area contributed by atoms with Crippen molar-refractivity contribution in [2.24, 2.45) is 0 Å². The molecule has 0 bridgehead atoms. The molecule has 1 aromatic carbocycles. The van der Waals surface area contributed by atoms with Gasteiger partial charge in [0.25, 0.3) is 11.7 Å². The normalized spacial score (nSPS) is 15.9. The minimum Gasteiger partial charge on any atom is -0.804 e. The molecule has 0 spiro atoms. The number of anilines is 1. The van der Waals surface area contributed by atoms with E-state index in [-0.39, 0.29) is 0 Å². The lowest BCUT2D eigenvalue weighted by atomic mass is 10.2. The van der Waals surface area contributed by atoms with Crippen LogP contribution in [0.25, 0.3) is 11.0 Å². The van der Waals surface area contributed by atoms with Crippen LogP contribution in [0.15, 0.2) is 24.4 Å². The highest BCUT2D eigenvalue weighted by Crippen LogP contribution is 2.19. The summed E-state index contributed by atoms with van der Waals surface area (Å²) in [7, 11) is 0. The van der Waals surface area contributed by atoms with Crippen LogP contribution in [0.4, 0.5) is 5.82 Å². The number of aromatic nitrogens is 2. The summed E-state index contributed by atoms with van der Waals surface area (Å²) >= 11 is 0. The summed E-state index contributed by atoms with van der Waals surface area (Å²) in [5, 5.41) is 12.4. The third kappa shape index (κ3) is 2.04. The summed E-state index contributed by atoms with van der Waals surface area (Å²) in [6.45, 7) is 4.30. The Balaban J connectivity index is 2.20. The summed E-state index contributed by atoms with van der Waals surface area (Å²) < 4.78 is 6.85. The van der Waals surface area contributed by atoms with Gasteiger partial charge >= 0.3 is 0 Å². The van der Waals surface area contributed by atoms with Crippen LogP contribution in [0.2, 0.25) is 0 Å². The molecule has 1 saturated heterocycles. The first kappa shape index (κ1) is 12.0. The first-order valence-corrected chi connectivity index (χ1v) is 6.25. The van der Waals surface area contributed by atoms with E-state index in [1.54, 1.807) is 12.1 Å². The Labute approximate surface area is 110 Å². The fourth-order valence-corrected chi connectivity index (χ4v) is 2.34. The number of ether oxygens (including phenoxy) is 1. The number of benzene rings is 1. The Morgan fingerprint density at radius 1 is 1.32 bits per heavy atom. The molecular weight excluding hydrogens is 246 g/mol. The number of hydrogen-bond acceptors (Lipinski definition) is 4. The maximum Gasteiger partial charge on any atom is 0.286 e. The summed E-state index contributed by atoms with van der Waals surface area (Å²) in [5.74, 6) is 0.386. The Bertz CT molecular complexity index is 675. The molecule has 0 aliphatic carbocycles. The number of nitrogens with zero attached hydrogens (tertiary/aromatic N) is 3. The van der Waals surface area contributed by atoms with Crippen molar-refractivity contribution in [3.63, 3.8) is 0 Å². The van der Waals surface area contributed by atoms with Crippen LogP contribution >= 0.6 is 0 Å². The third-order valence-electron chi connectivity index (χ3n) is 3.36. The zero-order valence-electron chi connectivity index (χ0n) is 10.7. The summed E-state index contributed by atoms with van der Waals surface area (Å²) in [6, 6.07) is 5.24. The molecule has 0 atom stereocenters.